The number of allylic oxidation sites excluding steroid dienone is 1. The van der Waals surface area contributed by atoms with Gasteiger partial charge in [0.05, 0.1) is 5.92 Å². The Bertz CT molecular complexity index is 909. The number of esters is 1. The fraction of sp³-hybridized carbons (Fsp3) is 0.583. The Labute approximate surface area is 232 Å². The zero-order chi connectivity index (χ0) is 27.1. The summed E-state index contributed by atoms with van der Waals surface area (Å²) in [5.74, 6) is 3.65. The van der Waals surface area contributed by atoms with Gasteiger partial charge in [-0.1, -0.05) is 101 Å². The van der Waals surface area contributed by atoms with Crippen LogP contribution in [0.1, 0.15) is 109 Å². The van der Waals surface area contributed by atoms with E-state index in [0.717, 1.165) is 55.4 Å². The lowest BCUT2D eigenvalue weighted by Crippen LogP contribution is -2.29. The second-order valence-electron chi connectivity index (χ2n) is 12.9. The lowest BCUT2D eigenvalue weighted by molar-refractivity contribution is -0.157. The van der Waals surface area contributed by atoms with Crippen LogP contribution >= 0.6 is 0 Å². The van der Waals surface area contributed by atoms with Crippen LogP contribution in [-0.2, 0) is 9.53 Å². The Morgan fingerprint density at radius 2 is 1.16 bits per heavy atom. The van der Waals surface area contributed by atoms with E-state index in [0.29, 0.717) is 11.8 Å². The van der Waals surface area contributed by atoms with Gasteiger partial charge in [-0.15, -0.1) is 0 Å². The van der Waals surface area contributed by atoms with E-state index in [1.54, 1.807) is 0 Å². The minimum absolute atomic E-state index is 0.00922. The van der Waals surface area contributed by atoms with Gasteiger partial charge in [-0.05, 0) is 98.5 Å². The summed E-state index contributed by atoms with van der Waals surface area (Å²) in [6, 6.07) is 21.1. The van der Waals surface area contributed by atoms with Crippen LogP contribution < -0.4 is 0 Å². The van der Waals surface area contributed by atoms with E-state index in [-0.39, 0.29) is 23.9 Å². The van der Waals surface area contributed by atoms with Crippen molar-refractivity contribution in [1.82, 2.24) is 0 Å². The number of carbonyl (C=O) groups is 1. The van der Waals surface area contributed by atoms with Gasteiger partial charge in [0.15, 0.2) is 0 Å². The lowest BCUT2D eigenvalue weighted by atomic mass is 9.72. The van der Waals surface area contributed by atoms with E-state index in [1.807, 2.05) is 6.07 Å². The number of carbonyl (C=O) groups excluding carboxylic acids is 1. The molecule has 2 fully saturated rings. The number of benzene rings is 2. The van der Waals surface area contributed by atoms with Gasteiger partial charge in [0.25, 0.3) is 0 Å². The quantitative estimate of drug-likeness (QED) is 0.233. The summed E-state index contributed by atoms with van der Waals surface area (Å²) < 4.78 is 6.55. The maximum atomic E-state index is 13.6. The summed E-state index contributed by atoms with van der Waals surface area (Å²) in [7, 11) is 0. The van der Waals surface area contributed by atoms with Crippen LogP contribution in [0.4, 0.5) is 0 Å². The van der Waals surface area contributed by atoms with Gasteiger partial charge in [0.1, 0.15) is 6.10 Å². The van der Waals surface area contributed by atoms with E-state index in [9.17, 15) is 4.79 Å². The van der Waals surface area contributed by atoms with Crippen LogP contribution in [0.5, 0.6) is 0 Å². The molecule has 2 aromatic carbocycles. The third-order valence-corrected chi connectivity index (χ3v) is 9.79. The minimum Gasteiger partial charge on any atom is -0.457 e. The fourth-order valence-electron chi connectivity index (χ4n) is 7.01. The lowest BCUT2D eigenvalue weighted by Gasteiger charge is -2.35. The Hall–Kier alpha value is -2.35. The molecular weight excluding hydrogens is 464 g/mol. The Kier molecular flexibility index (Phi) is 10.3. The first-order chi connectivity index (χ1) is 18.3. The average Bonchev–Trinajstić information content (AvgIpc) is 2.95. The smallest absolute Gasteiger partial charge is 0.309 e. The van der Waals surface area contributed by atoms with Crippen LogP contribution in [-0.4, -0.2) is 5.97 Å². The zero-order valence-corrected chi connectivity index (χ0v) is 24.3. The molecule has 0 bridgehead atoms. The molecule has 2 saturated carbocycles. The van der Waals surface area contributed by atoms with Crippen molar-refractivity contribution >= 4 is 5.97 Å². The van der Waals surface area contributed by atoms with Gasteiger partial charge in [-0.2, -0.15) is 0 Å². The molecule has 2 nitrogen and oxygen atoms in total. The number of rotatable bonds is 10. The summed E-state index contributed by atoms with van der Waals surface area (Å²) in [6.07, 6.45) is 9.77. The monoisotopic (exact) mass is 514 g/mol. The molecule has 206 valence electrons. The highest BCUT2D eigenvalue weighted by Gasteiger charge is 2.35. The summed E-state index contributed by atoms with van der Waals surface area (Å²) >= 11 is 0. The molecule has 2 aliphatic rings. The first-order valence-electron chi connectivity index (χ1n) is 15.3. The minimum atomic E-state index is -0.308. The van der Waals surface area contributed by atoms with Crippen molar-refractivity contribution in [3.05, 3.63) is 83.9 Å². The molecule has 0 unspecified atom stereocenters. The van der Waals surface area contributed by atoms with Crippen LogP contribution in [0.3, 0.4) is 0 Å². The van der Waals surface area contributed by atoms with E-state index in [1.165, 1.54) is 36.8 Å². The molecule has 4 rings (SSSR count). The summed E-state index contributed by atoms with van der Waals surface area (Å²) in [5.41, 5.74) is 3.65. The van der Waals surface area contributed by atoms with Crippen LogP contribution in [0, 0.1) is 35.5 Å². The van der Waals surface area contributed by atoms with Crippen molar-refractivity contribution in [2.45, 2.75) is 97.5 Å². The summed E-state index contributed by atoms with van der Waals surface area (Å²) in [5, 5.41) is 0. The molecule has 2 heteroatoms. The van der Waals surface area contributed by atoms with Gasteiger partial charge >= 0.3 is 5.97 Å². The highest BCUT2D eigenvalue weighted by molar-refractivity contribution is 5.73. The standard InChI is InChI=1S/C36H50O2/c1-25(2)28-16-20-30(21-17-28)27(5)24-34(31-12-8-6-9-13-31)35(32-14-10-7-11-15-32)38-36(37)33-22-18-29(19-23-33)26(3)4/h6-15,25-26,28-30,33-35H,5,16-24H2,1-4H3/t28?,29?,30?,33?,34-,35-/m1/s1. The second kappa shape index (κ2) is 13.6. The molecule has 0 aromatic heterocycles. The SMILES string of the molecule is C=C(C[C@H](c1ccccc1)[C@H](OC(=O)C1CCC(C(C)C)CC1)c1ccccc1)C1CCC(C(C)C)CC1. The van der Waals surface area contributed by atoms with Gasteiger partial charge in [-0.25, -0.2) is 0 Å². The third kappa shape index (κ3) is 7.39. The second-order valence-corrected chi connectivity index (χ2v) is 12.9. The van der Waals surface area contributed by atoms with Gasteiger partial charge in [0, 0.05) is 5.92 Å². The predicted octanol–water partition coefficient (Wildman–Crippen LogP) is 9.93. The zero-order valence-electron chi connectivity index (χ0n) is 24.3. The van der Waals surface area contributed by atoms with Crippen molar-refractivity contribution in [1.29, 1.82) is 0 Å². The van der Waals surface area contributed by atoms with Crippen molar-refractivity contribution in [3.8, 4) is 0 Å². The normalized spacial score (nSPS) is 25.6. The van der Waals surface area contributed by atoms with Crippen LogP contribution in [0.25, 0.3) is 0 Å². The molecule has 0 spiro atoms. The van der Waals surface area contributed by atoms with Crippen molar-refractivity contribution < 1.29 is 9.53 Å². The number of ether oxygens (including phenoxy) is 1. The molecule has 0 amide bonds. The van der Waals surface area contributed by atoms with Crippen LogP contribution in [0.2, 0.25) is 0 Å². The first-order valence-corrected chi connectivity index (χ1v) is 15.3. The molecule has 38 heavy (non-hydrogen) atoms. The number of hydrogen-bond donors (Lipinski definition) is 0. The Balaban J connectivity index is 1.55. The van der Waals surface area contributed by atoms with E-state index >= 15 is 0 Å². The third-order valence-electron chi connectivity index (χ3n) is 9.79. The molecule has 2 aromatic rings. The Morgan fingerprint density at radius 1 is 0.711 bits per heavy atom. The van der Waals surface area contributed by atoms with E-state index < -0.39 is 0 Å². The summed E-state index contributed by atoms with van der Waals surface area (Å²) in [4.78, 5) is 13.6. The molecular formula is C36H50O2. The Morgan fingerprint density at radius 3 is 1.63 bits per heavy atom. The molecule has 2 aliphatic carbocycles. The molecule has 0 N–H and O–H groups in total. The number of hydrogen-bond acceptors (Lipinski definition) is 2. The predicted molar refractivity (Wildman–Crippen MR) is 159 cm³/mol. The average molecular weight is 515 g/mol. The molecule has 0 aliphatic heterocycles. The highest BCUT2D eigenvalue weighted by Crippen LogP contribution is 2.44. The van der Waals surface area contributed by atoms with Gasteiger partial charge in [-0.3, -0.25) is 4.79 Å². The van der Waals surface area contributed by atoms with E-state index in [4.69, 9.17) is 4.74 Å². The highest BCUT2D eigenvalue weighted by atomic mass is 16.5. The molecule has 0 heterocycles. The van der Waals surface area contributed by atoms with Crippen molar-refractivity contribution in [2.75, 3.05) is 0 Å². The van der Waals surface area contributed by atoms with Crippen molar-refractivity contribution in [3.63, 3.8) is 0 Å². The van der Waals surface area contributed by atoms with E-state index in [2.05, 4.69) is 88.9 Å². The largest absolute Gasteiger partial charge is 0.457 e. The maximum Gasteiger partial charge on any atom is 0.309 e. The molecule has 0 radical (unpaired) electrons. The van der Waals surface area contributed by atoms with Crippen LogP contribution in [0.15, 0.2) is 72.8 Å². The first kappa shape index (κ1) is 28.7. The molecule has 0 saturated heterocycles. The topological polar surface area (TPSA) is 26.3 Å². The van der Waals surface area contributed by atoms with Gasteiger partial charge in [0.2, 0.25) is 0 Å². The maximum absolute atomic E-state index is 13.6. The summed E-state index contributed by atoms with van der Waals surface area (Å²) in [6.45, 7) is 14.0. The van der Waals surface area contributed by atoms with Crippen molar-refractivity contribution in [2.24, 2.45) is 35.5 Å². The molecule has 2 atom stereocenters. The fourth-order valence-corrected chi connectivity index (χ4v) is 7.01. The van der Waals surface area contributed by atoms with Gasteiger partial charge < -0.3 is 4.74 Å².